The Hall–Kier alpha value is -6.17. The normalized spacial score (nSPS) is 10.4. The molecule has 6 rings (SSSR count). The van der Waals surface area contributed by atoms with E-state index in [0.29, 0.717) is 40.2 Å². The van der Waals surface area contributed by atoms with Gasteiger partial charge in [0.05, 0.1) is 25.2 Å². The third-order valence-corrected chi connectivity index (χ3v) is 6.41. The summed E-state index contributed by atoms with van der Waals surface area (Å²) in [6.07, 6.45) is 9.95. The van der Waals surface area contributed by atoms with E-state index in [0.717, 1.165) is 17.2 Å². The second-order valence-electron chi connectivity index (χ2n) is 10.0. The lowest BCUT2D eigenvalue weighted by molar-refractivity contribution is 0.0978. The van der Waals surface area contributed by atoms with E-state index in [-0.39, 0.29) is 24.4 Å². The summed E-state index contributed by atoms with van der Waals surface area (Å²) in [6, 6.07) is 19.4. The van der Waals surface area contributed by atoms with E-state index in [1.54, 1.807) is 91.2 Å². The highest BCUT2D eigenvalue weighted by molar-refractivity contribution is 5.96. The lowest BCUT2D eigenvalue weighted by Gasteiger charge is -2.06. The maximum Gasteiger partial charge on any atom is 0.188 e. The summed E-state index contributed by atoms with van der Waals surface area (Å²) in [6.45, 7) is 3.73. The first-order valence-electron chi connectivity index (χ1n) is 14.3. The molecule has 0 aliphatic carbocycles. The van der Waals surface area contributed by atoms with Gasteiger partial charge in [0.1, 0.15) is 40.2 Å². The van der Waals surface area contributed by atoms with Gasteiger partial charge < -0.3 is 9.47 Å². The molecular formula is C34H30N8O4. The number of pyridine rings is 5. The van der Waals surface area contributed by atoms with Crippen LogP contribution < -0.4 is 9.47 Å². The van der Waals surface area contributed by atoms with Crippen LogP contribution in [-0.2, 0) is 19.9 Å². The third kappa shape index (κ3) is 8.92. The maximum atomic E-state index is 12.4. The highest BCUT2D eigenvalue weighted by Gasteiger charge is 2.14. The van der Waals surface area contributed by atoms with E-state index < -0.39 is 0 Å². The zero-order valence-electron chi connectivity index (χ0n) is 25.4. The second kappa shape index (κ2) is 15.0. The minimum atomic E-state index is -0.160. The van der Waals surface area contributed by atoms with E-state index >= 15 is 0 Å². The minimum Gasteiger partial charge on any atom is -0.456 e. The summed E-state index contributed by atoms with van der Waals surface area (Å²) in [5.41, 5.74) is 2.29. The SMILES string of the molecule is Cc1cccc(CC(=O)c2cc(Oc3cccnc3)ccn2)n1.Cc1nc(CC(=O)c2cc(Oc3cccnc3)ccn2)nn1C. The number of aryl methyl sites for hydroxylation is 3. The lowest BCUT2D eigenvalue weighted by atomic mass is 10.1. The van der Waals surface area contributed by atoms with Crippen LogP contribution in [0.15, 0.2) is 104 Å². The van der Waals surface area contributed by atoms with Crippen molar-refractivity contribution in [2.45, 2.75) is 26.7 Å². The molecule has 0 bridgehead atoms. The van der Waals surface area contributed by atoms with Crippen LogP contribution in [0.5, 0.6) is 23.0 Å². The van der Waals surface area contributed by atoms with Crippen molar-refractivity contribution < 1.29 is 19.1 Å². The number of Topliss-reactive ketones (excluding diaryl/α,β-unsaturated/α-hetero) is 2. The fourth-order valence-electron chi connectivity index (χ4n) is 4.13. The zero-order chi connectivity index (χ0) is 32.3. The van der Waals surface area contributed by atoms with Crippen molar-refractivity contribution in [2.75, 3.05) is 0 Å². The van der Waals surface area contributed by atoms with E-state index in [9.17, 15) is 9.59 Å². The summed E-state index contributed by atoms with van der Waals surface area (Å²) >= 11 is 0. The molecular weight excluding hydrogens is 584 g/mol. The number of aromatic nitrogens is 8. The van der Waals surface area contributed by atoms with Gasteiger partial charge in [-0.05, 0) is 62.4 Å². The average Bonchev–Trinajstić information content (AvgIpc) is 3.38. The number of hydrogen-bond donors (Lipinski definition) is 0. The largest absolute Gasteiger partial charge is 0.456 e. The molecule has 0 spiro atoms. The maximum absolute atomic E-state index is 12.4. The van der Waals surface area contributed by atoms with E-state index in [2.05, 4.69) is 35.0 Å². The average molecular weight is 615 g/mol. The molecule has 6 aromatic rings. The molecule has 6 heterocycles. The second-order valence-corrected chi connectivity index (χ2v) is 10.0. The highest BCUT2D eigenvalue weighted by Crippen LogP contribution is 2.22. The molecule has 0 aliphatic rings. The summed E-state index contributed by atoms with van der Waals surface area (Å²) in [5, 5.41) is 4.18. The molecule has 230 valence electrons. The first kappa shape index (κ1) is 31.3. The Balaban J connectivity index is 0.000000181. The Morgan fingerprint density at radius 3 is 1.76 bits per heavy atom. The van der Waals surface area contributed by atoms with Crippen molar-refractivity contribution in [3.63, 3.8) is 0 Å². The summed E-state index contributed by atoms with van der Waals surface area (Å²) in [4.78, 5) is 49.4. The van der Waals surface area contributed by atoms with Gasteiger partial charge in [-0.1, -0.05) is 6.07 Å². The van der Waals surface area contributed by atoms with E-state index in [1.165, 1.54) is 6.20 Å². The fourth-order valence-corrected chi connectivity index (χ4v) is 4.13. The van der Waals surface area contributed by atoms with Crippen molar-refractivity contribution in [1.82, 2.24) is 39.7 Å². The van der Waals surface area contributed by atoms with Crippen molar-refractivity contribution in [3.8, 4) is 23.0 Å². The number of nitrogens with zero attached hydrogens (tertiary/aromatic N) is 8. The van der Waals surface area contributed by atoms with Crippen LogP contribution in [0.1, 0.15) is 44.0 Å². The lowest BCUT2D eigenvalue weighted by Crippen LogP contribution is -2.07. The predicted molar refractivity (Wildman–Crippen MR) is 168 cm³/mol. The van der Waals surface area contributed by atoms with Crippen molar-refractivity contribution in [2.24, 2.45) is 7.05 Å². The van der Waals surface area contributed by atoms with Crippen LogP contribution in [0, 0.1) is 13.8 Å². The Kier molecular flexibility index (Phi) is 10.2. The highest BCUT2D eigenvalue weighted by atomic mass is 16.5. The smallest absolute Gasteiger partial charge is 0.188 e. The Morgan fingerprint density at radius 2 is 1.26 bits per heavy atom. The monoisotopic (exact) mass is 614 g/mol. The molecule has 0 fully saturated rings. The van der Waals surface area contributed by atoms with Crippen LogP contribution in [0.25, 0.3) is 0 Å². The molecule has 0 saturated heterocycles. The molecule has 0 unspecified atom stereocenters. The van der Waals surface area contributed by atoms with Gasteiger partial charge in [0.15, 0.2) is 17.4 Å². The summed E-state index contributed by atoms with van der Waals surface area (Å²) in [7, 11) is 1.79. The standard InChI is InChI=1S/C18H15N3O2.C16H15N5O2/c1-13-4-2-5-14(21-13)10-18(22)17-11-15(7-9-20-17)23-16-6-3-8-19-12-16;1-11-19-16(20-21(11)2)9-15(22)14-8-12(5-7-18-14)23-13-4-3-6-17-10-13/h2-9,11-12H,10H2,1H3;3-8,10H,9H2,1-2H3. The predicted octanol–water partition coefficient (Wildman–Crippen LogP) is 5.53. The fraction of sp³-hybridized carbons (Fsp3) is 0.147. The molecule has 0 radical (unpaired) electrons. The van der Waals surface area contributed by atoms with Crippen LogP contribution in [0.3, 0.4) is 0 Å². The number of ketones is 2. The van der Waals surface area contributed by atoms with Crippen molar-refractivity contribution >= 4 is 11.6 Å². The van der Waals surface area contributed by atoms with Gasteiger partial charge in [0, 0.05) is 55.4 Å². The van der Waals surface area contributed by atoms with Gasteiger partial charge in [-0.25, -0.2) is 4.98 Å². The van der Waals surface area contributed by atoms with E-state index in [4.69, 9.17) is 9.47 Å². The molecule has 0 aromatic carbocycles. The molecule has 12 nitrogen and oxygen atoms in total. The van der Waals surface area contributed by atoms with Crippen molar-refractivity contribution in [1.29, 1.82) is 0 Å². The zero-order valence-corrected chi connectivity index (χ0v) is 25.4. The molecule has 0 amide bonds. The quantitative estimate of drug-likeness (QED) is 0.179. The Morgan fingerprint density at radius 1 is 0.674 bits per heavy atom. The van der Waals surface area contributed by atoms with Crippen LogP contribution in [-0.4, -0.2) is 51.3 Å². The van der Waals surface area contributed by atoms with Gasteiger partial charge in [0.25, 0.3) is 0 Å². The first-order chi connectivity index (χ1) is 22.3. The number of hydrogen-bond acceptors (Lipinski definition) is 11. The molecule has 46 heavy (non-hydrogen) atoms. The first-order valence-corrected chi connectivity index (χ1v) is 14.3. The topological polar surface area (TPSA) is 148 Å². The van der Waals surface area contributed by atoms with Gasteiger partial charge in [0.2, 0.25) is 0 Å². The number of rotatable bonds is 10. The number of carbonyl (C=O) groups excluding carboxylic acids is 2. The van der Waals surface area contributed by atoms with Gasteiger partial charge in [-0.2, -0.15) is 5.10 Å². The Labute approximate surface area is 265 Å². The van der Waals surface area contributed by atoms with E-state index in [1.807, 2.05) is 32.0 Å². The third-order valence-electron chi connectivity index (χ3n) is 6.41. The minimum absolute atomic E-state index is 0.0975. The van der Waals surface area contributed by atoms with Crippen LogP contribution in [0.4, 0.5) is 0 Å². The summed E-state index contributed by atoms with van der Waals surface area (Å²) in [5.74, 6) is 3.27. The van der Waals surface area contributed by atoms with Crippen LogP contribution in [0.2, 0.25) is 0 Å². The molecule has 0 saturated carbocycles. The Bertz CT molecular complexity index is 1910. The molecule has 0 N–H and O–H groups in total. The molecule has 6 aromatic heterocycles. The molecule has 0 aliphatic heterocycles. The molecule has 12 heteroatoms. The van der Waals surface area contributed by atoms with Gasteiger partial charge in [-0.15, -0.1) is 0 Å². The summed E-state index contributed by atoms with van der Waals surface area (Å²) < 4.78 is 13.0. The molecule has 0 atom stereocenters. The number of ether oxygens (including phenoxy) is 2. The van der Waals surface area contributed by atoms with Crippen LogP contribution >= 0.6 is 0 Å². The van der Waals surface area contributed by atoms with Gasteiger partial charge in [-0.3, -0.25) is 39.2 Å². The van der Waals surface area contributed by atoms with Gasteiger partial charge >= 0.3 is 0 Å². The van der Waals surface area contributed by atoms with Crippen molar-refractivity contribution in [3.05, 3.63) is 138 Å². The number of carbonyl (C=O) groups is 2.